The lowest BCUT2D eigenvalue weighted by Gasteiger charge is -2.51. The molecule has 0 bridgehead atoms. The van der Waals surface area contributed by atoms with Crippen LogP contribution in [-0.4, -0.2) is 149 Å². The van der Waals surface area contributed by atoms with Gasteiger partial charge in [-0.25, -0.2) is 0 Å². The van der Waals surface area contributed by atoms with Gasteiger partial charge in [-0.05, 0) is 341 Å². The Morgan fingerprint density at radius 2 is 0.292 bits per heavy atom. The van der Waals surface area contributed by atoms with Crippen LogP contribution in [0.2, 0.25) is 0 Å². The normalized spacial score (nSPS) is 35.9. The van der Waals surface area contributed by atoms with Gasteiger partial charge in [0.2, 0.25) is 0 Å². The van der Waals surface area contributed by atoms with E-state index in [4.69, 9.17) is 131 Å². The number of halogens is 8. The van der Waals surface area contributed by atoms with E-state index in [1.54, 1.807) is 0 Å². The largest absolute Gasteiger partial charge is 0.378 e. The Hall–Kier alpha value is 2.00. The van der Waals surface area contributed by atoms with Crippen LogP contribution in [0.4, 0.5) is 0 Å². The van der Waals surface area contributed by atoms with Gasteiger partial charge in [-0.3, -0.25) is 0 Å². The third-order valence-corrected chi connectivity index (χ3v) is 38.2. The van der Waals surface area contributed by atoms with Crippen LogP contribution in [0.15, 0.2) is 0 Å². The van der Waals surface area contributed by atoms with Crippen molar-refractivity contribution in [1.29, 1.82) is 0 Å². The number of hydrogen-bond acceptors (Lipinski definition) is 8. The maximum Gasteiger partial charge on any atom is 0.0631 e. The van der Waals surface area contributed by atoms with Gasteiger partial charge in [0.25, 0.3) is 0 Å². The van der Waals surface area contributed by atoms with E-state index in [0.29, 0.717) is 177 Å². The molecule has 0 aromatic rings. The summed E-state index contributed by atoms with van der Waals surface area (Å²) in [5, 5.41) is 0. The van der Waals surface area contributed by atoms with E-state index in [2.05, 4.69) is 69.2 Å². The fourth-order valence-corrected chi connectivity index (χ4v) is 30.6. The molecule has 8 saturated carbocycles. The SMILES string of the molecule is CCCCCCOC1C(C)CC(CCl)CC1CC1CC(CCl)CC(CC2CC(CCl)CC(CC3CC(CCl)CC(CC4CC(CCl)CC(CC5CC(CCl)CC(CC6CC(CCl)CC(CC7CC(CCl)CC(CC)C7OCCCCCC)C6OCCCCCC)C5OCCCCCC)C4OCCCCCC)C3OCCCCCC)C2OCCCCCC)C1OCCCCCC. The fourth-order valence-electron chi connectivity index (χ4n) is 28.6. The van der Waals surface area contributed by atoms with Gasteiger partial charge in [-0.1, -0.05) is 230 Å². The van der Waals surface area contributed by atoms with Crippen molar-refractivity contribution >= 4 is 92.8 Å². The Balaban J connectivity index is 1.14. The average molecular weight is 1990 g/mol. The molecule has 8 fully saturated rings. The lowest BCUT2D eigenvalue weighted by atomic mass is 9.60. The molecule has 0 N–H and O–H groups in total. The second-order valence-corrected chi connectivity index (χ2v) is 48.0. The van der Waals surface area contributed by atoms with Crippen molar-refractivity contribution in [1.82, 2.24) is 0 Å². The highest BCUT2D eigenvalue weighted by Crippen LogP contribution is 2.56. The Bertz CT molecular complexity index is 2670. The highest BCUT2D eigenvalue weighted by atomic mass is 35.5. The van der Waals surface area contributed by atoms with Crippen LogP contribution in [0.5, 0.6) is 0 Å². The molecule has 0 amide bonds. The van der Waals surface area contributed by atoms with Crippen molar-refractivity contribution in [3.05, 3.63) is 0 Å². The summed E-state index contributed by atoms with van der Waals surface area (Å²) in [6, 6.07) is 0. The maximum atomic E-state index is 7.84. The highest BCUT2D eigenvalue weighted by molar-refractivity contribution is 6.19. The number of hydrogen-bond donors (Lipinski definition) is 0. The highest BCUT2D eigenvalue weighted by Gasteiger charge is 2.53. The molecular formula is C114H206Cl8O8. The van der Waals surface area contributed by atoms with Crippen molar-refractivity contribution in [3.8, 4) is 0 Å². The zero-order valence-electron chi connectivity index (χ0n) is 85.7. The molecule has 0 saturated heterocycles. The first-order valence-corrected chi connectivity index (χ1v) is 61.3. The topological polar surface area (TPSA) is 73.8 Å². The van der Waals surface area contributed by atoms with Crippen LogP contribution >= 0.6 is 92.8 Å². The van der Waals surface area contributed by atoms with E-state index in [0.717, 1.165) is 264 Å². The summed E-state index contributed by atoms with van der Waals surface area (Å²) in [7, 11) is 0. The molecule has 0 heterocycles. The quantitative estimate of drug-likeness (QED) is 0.0441. The zero-order chi connectivity index (χ0) is 93.0. The molecule has 130 heavy (non-hydrogen) atoms. The minimum Gasteiger partial charge on any atom is -0.378 e. The summed E-state index contributed by atoms with van der Waals surface area (Å²) >= 11 is 58.4. The molecule has 0 radical (unpaired) electrons. The number of unbranched alkanes of at least 4 members (excludes halogenated alkanes) is 24. The molecule has 766 valence electrons. The Morgan fingerprint density at radius 1 is 0.162 bits per heavy atom. The van der Waals surface area contributed by atoms with E-state index in [1.165, 1.54) is 161 Å². The van der Waals surface area contributed by atoms with Gasteiger partial charge in [0.05, 0.1) is 48.8 Å². The first kappa shape index (κ1) is 117. The van der Waals surface area contributed by atoms with Crippen LogP contribution in [0.3, 0.4) is 0 Å². The number of ether oxygens (including phenoxy) is 8. The predicted octanol–water partition coefficient (Wildman–Crippen LogP) is 34.9. The first-order valence-electron chi connectivity index (χ1n) is 57.1. The van der Waals surface area contributed by atoms with E-state index < -0.39 is 0 Å². The monoisotopic (exact) mass is 1980 g/mol. The molecule has 8 rings (SSSR count). The second-order valence-electron chi connectivity index (χ2n) is 45.5. The molecule has 0 aromatic heterocycles. The molecule has 0 aromatic carbocycles. The van der Waals surface area contributed by atoms with Crippen molar-refractivity contribution < 1.29 is 37.9 Å². The first-order chi connectivity index (χ1) is 63.7. The molecule has 8 aliphatic carbocycles. The summed E-state index contributed by atoms with van der Waals surface area (Å²) in [6.07, 6.45) is 66.7. The molecule has 0 spiro atoms. The Labute approximate surface area is 843 Å². The van der Waals surface area contributed by atoms with E-state index >= 15 is 0 Å². The van der Waals surface area contributed by atoms with Crippen LogP contribution < -0.4 is 0 Å². The number of rotatable bonds is 71. The van der Waals surface area contributed by atoms with Gasteiger partial charge in [-0.2, -0.15) is 0 Å². The summed E-state index contributed by atoms with van der Waals surface area (Å²) in [6.45, 7) is 30.2. The van der Waals surface area contributed by atoms with Gasteiger partial charge >= 0.3 is 0 Å². The molecule has 0 aliphatic heterocycles. The van der Waals surface area contributed by atoms with E-state index in [9.17, 15) is 0 Å². The van der Waals surface area contributed by atoms with Crippen LogP contribution in [-0.2, 0) is 37.9 Å². The van der Waals surface area contributed by atoms with Crippen LogP contribution in [0.25, 0.3) is 0 Å². The third-order valence-electron chi connectivity index (χ3n) is 34.8. The molecule has 16 heteroatoms. The van der Waals surface area contributed by atoms with Gasteiger partial charge in [-0.15, -0.1) is 92.8 Å². The second kappa shape index (κ2) is 69.9. The van der Waals surface area contributed by atoms with E-state index in [-0.39, 0.29) is 48.8 Å². The zero-order valence-corrected chi connectivity index (χ0v) is 91.7. The fraction of sp³-hybridized carbons (Fsp3) is 1.00. The minimum atomic E-state index is 0.115. The molecule has 8 aliphatic rings. The summed E-state index contributed by atoms with van der Waals surface area (Å²) in [5.74, 6) is 15.5. The number of alkyl halides is 8. The summed E-state index contributed by atoms with van der Waals surface area (Å²) in [5.41, 5.74) is 0. The third kappa shape index (κ3) is 40.2. The standard InChI is InChI=1S/C114H206Cl8O8/c1-11-20-28-36-44-123-107-83(10)52-84(75-115)54-93(107)68-95-56-86(77-117)58-97(109(95)125-46-38-30-22-13-3)70-99-60-88(79-119)62-101(111(99)127-48-40-32-24-15-5)72-103-64-90(81-121)66-105(113(103)129-50-42-34-26-17-7)74-106-67-91(82-122)65-104(114(106)130-51-43-35-27-18-8)73-102-63-89(80-120)61-100(112(102)128-49-41-33-25-16-6)71-98-59-87(78-118)57-96(110(98)126-47-39-31-23-14-4)69-94-55-85(76-116)53-92(19-9)108(94)124-45-37-29-21-12-2/h83-114H,11-82H2,1-10H3. The van der Waals surface area contributed by atoms with Gasteiger partial charge in [0.15, 0.2) is 0 Å². The summed E-state index contributed by atoms with van der Waals surface area (Å²) in [4.78, 5) is 0. The average Bonchev–Trinajstić information content (AvgIpc) is 0.780. The van der Waals surface area contributed by atoms with Gasteiger partial charge < -0.3 is 37.9 Å². The van der Waals surface area contributed by atoms with Gasteiger partial charge in [0, 0.05) is 99.9 Å². The van der Waals surface area contributed by atoms with Crippen molar-refractivity contribution in [3.63, 3.8) is 0 Å². The maximum absolute atomic E-state index is 7.84. The van der Waals surface area contributed by atoms with Crippen molar-refractivity contribution in [2.45, 2.75) is 478 Å². The molecule has 32 atom stereocenters. The van der Waals surface area contributed by atoms with Crippen molar-refractivity contribution in [2.75, 3.05) is 99.9 Å². The minimum absolute atomic E-state index is 0.115. The van der Waals surface area contributed by atoms with Gasteiger partial charge in [0.1, 0.15) is 0 Å². The predicted molar refractivity (Wildman–Crippen MR) is 563 cm³/mol. The van der Waals surface area contributed by atoms with Crippen LogP contribution in [0.1, 0.15) is 429 Å². The van der Waals surface area contributed by atoms with Crippen LogP contribution in [0, 0.1) is 142 Å². The summed E-state index contributed by atoms with van der Waals surface area (Å²) < 4.78 is 60.8. The lowest BCUT2D eigenvalue weighted by Crippen LogP contribution is -2.49. The van der Waals surface area contributed by atoms with E-state index in [1.807, 2.05) is 0 Å². The Kier molecular flexibility index (Phi) is 63.0. The van der Waals surface area contributed by atoms with Crippen molar-refractivity contribution in [2.24, 2.45) is 142 Å². The lowest BCUT2D eigenvalue weighted by molar-refractivity contribution is -0.129. The Morgan fingerprint density at radius 3 is 0.438 bits per heavy atom. The molecule has 32 unspecified atom stereocenters. The molecule has 8 nitrogen and oxygen atoms in total. The smallest absolute Gasteiger partial charge is 0.0631 e. The molecular weight excluding hydrogens is 1780 g/mol.